The number of benzene rings is 1. The second-order valence-electron chi connectivity index (χ2n) is 4.62. The summed E-state index contributed by atoms with van der Waals surface area (Å²) in [7, 11) is 0. The highest BCUT2D eigenvalue weighted by atomic mass is 14.8. The molecular weight excluding hydrogens is 220 g/mol. The molecule has 0 unspecified atom stereocenters. The zero-order valence-corrected chi connectivity index (χ0v) is 11.3. The summed E-state index contributed by atoms with van der Waals surface area (Å²) in [6.07, 6.45) is 3.79. The van der Waals surface area contributed by atoms with Crippen LogP contribution in [0.4, 0.5) is 0 Å². The average molecular weight is 240 g/mol. The molecule has 2 heteroatoms. The highest BCUT2D eigenvalue weighted by Crippen LogP contribution is 2.26. The zero-order chi connectivity index (χ0) is 13.0. The Balaban J connectivity index is 2.33. The molecule has 0 saturated heterocycles. The molecule has 18 heavy (non-hydrogen) atoms. The summed E-state index contributed by atoms with van der Waals surface area (Å²) >= 11 is 0. The molecule has 0 atom stereocenters. The number of hydrogen-bond acceptors (Lipinski definition) is 2. The summed E-state index contributed by atoms with van der Waals surface area (Å²) < 4.78 is 0. The first-order chi connectivity index (χ1) is 8.72. The summed E-state index contributed by atoms with van der Waals surface area (Å²) in [5, 5.41) is 3.35. The molecule has 1 aromatic heterocycles. The van der Waals surface area contributed by atoms with E-state index in [4.69, 9.17) is 0 Å². The van der Waals surface area contributed by atoms with E-state index >= 15 is 0 Å². The minimum Gasteiger partial charge on any atom is -0.313 e. The predicted octanol–water partition coefficient (Wildman–Crippen LogP) is 3.47. The van der Waals surface area contributed by atoms with Gasteiger partial charge in [0.2, 0.25) is 0 Å². The van der Waals surface area contributed by atoms with Crippen LogP contribution in [0.5, 0.6) is 0 Å². The first-order valence-electron chi connectivity index (χ1n) is 6.43. The van der Waals surface area contributed by atoms with Gasteiger partial charge in [-0.25, -0.2) is 0 Å². The Kier molecular flexibility index (Phi) is 4.11. The van der Waals surface area contributed by atoms with Crippen LogP contribution in [0.2, 0.25) is 0 Å². The maximum Gasteiger partial charge on any atom is 0.0349 e. The molecule has 0 aliphatic rings. The zero-order valence-electron chi connectivity index (χ0n) is 11.3. The summed E-state index contributed by atoms with van der Waals surface area (Å²) in [6, 6.07) is 8.70. The molecule has 1 heterocycles. The van der Waals surface area contributed by atoms with Gasteiger partial charge in [-0.15, -0.1) is 0 Å². The van der Waals surface area contributed by atoms with Crippen LogP contribution in [0.1, 0.15) is 23.6 Å². The van der Waals surface area contributed by atoms with Crippen molar-refractivity contribution in [3.05, 3.63) is 53.3 Å². The Hall–Kier alpha value is -1.67. The van der Waals surface area contributed by atoms with Crippen LogP contribution < -0.4 is 5.32 Å². The van der Waals surface area contributed by atoms with Crippen LogP contribution >= 0.6 is 0 Å². The van der Waals surface area contributed by atoms with Crippen molar-refractivity contribution < 1.29 is 0 Å². The lowest BCUT2D eigenvalue weighted by Gasteiger charge is -2.11. The molecule has 0 amide bonds. The van der Waals surface area contributed by atoms with Crippen molar-refractivity contribution in [2.24, 2.45) is 0 Å². The number of nitrogens with zero attached hydrogens (tertiary/aromatic N) is 1. The normalized spacial score (nSPS) is 10.6. The molecule has 0 radical (unpaired) electrons. The largest absolute Gasteiger partial charge is 0.313 e. The highest BCUT2D eigenvalue weighted by Gasteiger charge is 2.05. The Labute approximate surface area is 109 Å². The molecule has 0 saturated carbocycles. The maximum absolute atomic E-state index is 4.22. The molecule has 0 spiro atoms. The van der Waals surface area contributed by atoms with Gasteiger partial charge in [0.1, 0.15) is 0 Å². The van der Waals surface area contributed by atoms with Crippen LogP contribution in [-0.4, -0.2) is 11.5 Å². The molecule has 0 aliphatic heterocycles. The van der Waals surface area contributed by atoms with Gasteiger partial charge in [0.25, 0.3) is 0 Å². The summed E-state index contributed by atoms with van der Waals surface area (Å²) in [6.45, 7) is 8.35. The molecule has 0 bridgehead atoms. The quantitative estimate of drug-likeness (QED) is 0.885. The summed E-state index contributed by atoms with van der Waals surface area (Å²) in [5.41, 5.74) is 6.42. The van der Waals surface area contributed by atoms with Crippen LogP contribution in [0.3, 0.4) is 0 Å². The lowest BCUT2D eigenvalue weighted by atomic mass is 9.97. The van der Waals surface area contributed by atoms with Crippen LogP contribution in [-0.2, 0) is 6.54 Å². The first kappa shape index (κ1) is 12.8. The van der Waals surface area contributed by atoms with E-state index in [0.29, 0.717) is 0 Å². The smallest absolute Gasteiger partial charge is 0.0349 e. The Morgan fingerprint density at radius 3 is 2.56 bits per heavy atom. The predicted molar refractivity (Wildman–Crippen MR) is 76.5 cm³/mol. The minimum absolute atomic E-state index is 0.934. The van der Waals surface area contributed by atoms with E-state index in [-0.39, 0.29) is 0 Å². The van der Waals surface area contributed by atoms with E-state index in [2.05, 4.69) is 55.3 Å². The van der Waals surface area contributed by atoms with Gasteiger partial charge in [-0.1, -0.05) is 25.1 Å². The van der Waals surface area contributed by atoms with E-state index in [1.807, 2.05) is 12.4 Å². The number of aromatic nitrogens is 1. The van der Waals surface area contributed by atoms with Crippen molar-refractivity contribution in [1.29, 1.82) is 0 Å². The van der Waals surface area contributed by atoms with Gasteiger partial charge >= 0.3 is 0 Å². The number of rotatable bonds is 4. The standard InChI is InChI=1S/C16H20N2/c1-4-17-10-14-5-6-15(13(3)9-14)16-11-18-8-7-12(16)2/h5-9,11,17H,4,10H2,1-3H3. The van der Waals surface area contributed by atoms with Crippen LogP contribution in [0, 0.1) is 13.8 Å². The maximum atomic E-state index is 4.22. The van der Waals surface area contributed by atoms with Gasteiger partial charge in [-0.3, -0.25) is 4.98 Å². The molecule has 2 aromatic rings. The topological polar surface area (TPSA) is 24.9 Å². The molecule has 1 N–H and O–H groups in total. The SMILES string of the molecule is CCNCc1ccc(-c2cnccc2C)c(C)c1. The van der Waals surface area contributed by atoms with Crippen molar-refractivity contribution in [2.75, 3.05) is 6.54 Å². The van der Waals surface area contributed by atoms with Crippen molar-refractivity contribution in [1.82, 2.24) is 10.3 Å². The van der Waals surface area contributed by atoms with E-state index in [1.165, 1.54) is 27.8 Å². The Morgan fingerprint density at radius 2 is 1.89 bits per heavy atom. The lowest BCUT2D eigenvalue weighted by molar-refractivity contribution is 0.726. The monoisotopic (exact) mass is 240 g/mol. The molecule has 0 aliphatic carbocycles. The minimum atomic E-state index is 0.934. The summed E-state index contributed by atoms with van der Waals surface area (Å²) in [5.74, 6) is 0. The van der Waals surface area contributed by atoms with E-state index in [9.17, 15) is 0 Å². The third-order valence-corrected chi connectivity index (χ3v) is 3.20. The highest BCUT2D eigenvalue weighted by molar-refractivity contribution is 5.69. The fourth-order valence-electron chi connectivity index (χ4n) is 2.15. The average Bonchev–Trinajstić information content (AvgIpc) is 2.38. The number of hydrogen-bond donors (Lipinski definition) is 1. The van der Waals surface area contributed by atoms with Gasteiger partial charge in [-0.2, -0.15) is 0 Å². The van der Waals surface area contributed by atoms with Crippen molar-refractivity contribution >= 4 is 0 Å². The number of pyridine rings is 1. The van der Waals surface area contributed by atoms with Gasteiger partial charge in [-0.05, 0) is 48.7 Å². The molecule has 0 fully saturated rings. The summed E-state index contributed by atoms with van der Waals surface area (Å²) in [4.78, 5) is 4.22. The van der Waals surface area contributed by atoms with Crippen LogP contribution in [0.15, 0.2) is 36.7 Å². The Morgan fingerprint density at radius 1 is 1.06 bits per heavy atom. The van der Waals surface area contributed by atoms with Crippen molar-refractivity contribution in [3.63, 3.8) is 0 Å². The molecule has 2 nitrogen and oxygen atoms in total. The number of nitrogens with one attached hydrogen (secondary N) is 1. The van der Waals surface area contributed by atoms with E-state index in [1.54, 1.807) is 0 Å². The van der Waals surface area contributed by atoms with Gasteiger partial charge in [0.15, 0.2) is 0 Å². The van der Waals surface area contributed by atoms with E-state index < -0.39 is 0 Å². The van der Waals surface area contributed by atoms with Crippen molar-refractivity contribution in [2.45, 2.75) is 27.3 Å². The molecular formula is C16H20N2. The third kappa shape index (κ3) is 2.77. The van der Waals surface area contributed by atoms with Gasteiger partial charge in [0.05, 0.1) is 0 Å². The van der Waals surface area contributed by atoms with Crippen molar-refractivity contribution in [3.8, 4) is 11.1 Å². The Bertz CT molecular complexity index is 532. The van der Waals surface area contributed by atoms with Crippen LogP contribution in [0.25, 0.3) is 11.1 Å². The molecule has 1 aromatic carbocycles. The molecule has 2 rings (SSSR count). The van der Waals surface area contributed by atoms with E-state index in [0.717, 1.165) is 13.1 Å². The fourth-order valence-corrected chi connectivity index (χ4v) is 2.15. The number of aryl methyl sites for hydroxylation is 2. The first-order valence-corrected chi connectivity index (χ1v) is 6.43. The second-order valence-corrected chi connectivity index (χ2v) is 4.62. The lowest BCUT2D eigenvalue weighted by Crippen LogP contribution is -2.11. The second kappa shape index (κ2) is 5.78. The van der Waals surface area contributed by atoms with Gasteiger partial charge < -0.3 is 5.32 Å². The third-order valence-electron chi connectivity index (χ3n) is 3.20. The molecule has 94 valence electrons. The fraction of sp³-hybridized carbons (Fsp3) is 0.312. The van der Waals surface area contributed by atoms with Gasteiger partial charge in [0, 0.05) is 24.5 Å².